The molecule has 0 saturated heterocycles. The maximum absolute atomic E-state index is 7.50. The van der Waals surface area contributed by atoms with Crippen molar-refractivity contribution in [2.75, 3.05) is 0 Å². The predicted octanol–water partition coefficient (Wildman–Crippen LogP) is 1.42. The quantitative estimate of drug-likeness (QED) is 0.705. The Morgan fingerprint density at radius 3 is 0.875 bits per heavy atom. The Balaban J connectivity index is -0.0000000900. The summed E-state index contributed by atoms with van der Waals surface area (Å²) < 4.78 is 0. The SMILES string of the molecule is Cc1cc(C)cc(C)c1.[C]=O.[C]=O.[C]=O.[Cr]. The first-order valence-corrected chi connectivity index (χ1v) is 3.84. The number of aryl methyl sites for hydroxylation is 3. The molecule has 1 aromatic rings. The van der Waals surface area contributed by atoms with Crippen LogP contribution in [0.5, 0.6) is 0 Å². The largest absolute Gasteiger partial charge is 0.281 e. The van der Waals surface area contributed by atoms with E-state index in [1.54, 1.807) is 0 Å². The van der Waals surface area contributed by atoms with Crippen molar-refractivity contribution >= 4 is 20.4 Å². The molecule has 0 unspecified atom stereocenters. The summed E-state index contributed by atoms with van der Waals surface area (Å²) in [5, 5.41) is 0. The van der Waals surface area contributed by atoms with Gasteiger partial charge in [0.2, 0.25) is 0 Å². The zero-order valence-corrected chi connectivity index (χ0v) is 10.6. The van der Waals surface area contributed by atoms with Crippen molar-refractivity contribution in [2.45, 2.75) is 20.8 Å². The number of hydrogen-bond donors (Lipinski definition) is 0. The van der Waals surface area contributed by atoms with Crippen LogP contribution in [0.2, 0.25) is 0 Å². The average molecular weight is 256 g/mol. The maximum Gasteiger partial charge on any atom is 0.281 e. The summed E-state index contributed by atoms with van der Waals surface area (Å²) in [6.07, 6.45) is 0. The Kier molecular flexibility index (Phi) is 29.2. The van der Waals surface area contributed by atoms with Gasteiger partial charge in [-0.15, -0.1) is 0 Å². The van der Waals surface area contributed by atoms with Crippen LogP contribution in [-0.4, -0.2) is 20.4 Å². The van der Waals surface area contributed by atoms with Crippen LogP contribution >= 0.6 is 0 Å². The molecule has 0 spiro atoms. The van der Waals surface area contributed by atoms with E-state index in [1.807, 2.05) is 0 Å². The van der Waals surface area contributed by atoms with Crippen molar-refractivity contribution < 1.29 is 31.7 Å². The third kappa shape index (κ3) is 15.2. The molecule has 16 heavy (non-hydrogen) atoms. The normalized spacial score (nSPS) is 6.19. The van der Waals surface area contributed by atoms with E-state index in [0.29, 0.717) is 0 Å². The second-order valence-electron chi connectivity index (χ2n) is 2.67. The molecule has 0 bridgehead atoms. The molecule has 0 aliphatic carbocycles. The molecular formula is C12H12CrO3. The fraction of sp³-hybridized carbons (Fsp3) is 0.250. The van der Waals surface area contributed by atoms with Crippen molar-refractivity contribution in [1.82, 2.24) is 0 Å². The van der Waals surface area contributed by atoms with Gasteiger partial charge < -0.3 is 0 Å². The number of benzene rings is 1. The van der Waals surface area contributed by atoms with E-state index in [9.17, 15) is 0 Å². The maximum atomic E-state index is 7.50. The van der Waals surface area contributed by atoms with Crippen molar-refractivity contribution in [1.29, 1.82) is 0 Å². The van der Waals surface area contributed by atoms with Gasteiger partial charge in [0.25, 0.3) is 20.4 Å². The zero-order chi connectivity index (χ0) is 12.9. The predicted molar refractivity (Wildman–Crippen MR) is 57.7 cm³/mol. The van der Waals surface area contributed by atoms with Crippen LogP contribution in [0.4, 0.5) is 0 Å². The molecule has 6 radical (unpaired) electrons. The van der Waals surface area contributed by atoms with Crippen LogP contribution in [0.3, 0.4) is 0 Å². The molecule has 1 rings (SSSR count). The summed E-state index contributed by atoms with van der Waals surface area (Å²) in [7, 11) is 0. The van der Waals surface area contributed by atoms with Crippen LogP contribution in [0.25, 0.3) is 0 Å². The Labute approximate surface area is 108 Å². The van der Waals surface area contributed by atoms with E-state index in [0.717, 1.165) is 0 Å². The van der Waals surface area contributed by atoms with Gasteiger partial charge in [0.15, 0.2) is 0 Å². The van der Waals surface area contributed by atoms with Gasteiger partial charge in [-0.1, -0.05) is 34.9 Å². The van der Waals surface area contributed by atoms with Crippen LogP contribution < -0.4 is 0 Å². The molecule has 0 aliphatic heterocycles. The average Bonchev–Trinajstić information content (AvgIpc) is 2.24. The molecule has 84 valence electrons. The van der Waals surface area contributed by atoms with Crippen molar-refractivity contribution in [2.24, 2.45) is 0 Å². The smallest absolute Gasteiger partial charge is 0.281 e. The van der Waals surface area contributed by atoms with Crippen LogP contribution in [0.1, 0.15) is 16.7 Å². The Morgan fingerprint density at radius 1 is 0.625 bits per heavy atom. The van der Waals surface area contributed by atoms with Crippen molar-refractivity contribution in [3.05, 3.63) is 34.9 Å². The van der Waals surface area contributed by atoms with Gasteiger partial charge in [0.05, 0.1) is 0 Å². The standard InChI is InChI=1S/C9H12.3CO.Cr/c1-7-4-8(2)6-9(3)5-7;3*1-2;/h4-6H,1-3H3;;;;. The van der Waals surface area contributed by atoms with Crippen LogP contribution in [0.15, 0.2) is 18.2 Å². The van der Waals surface area contributed by atoms with Gasteiger partial charge in [0, 0.05) is 17.4 Å². The third-order valence-corrected chi connectivity index (χ3v) is 1.37. The molecule has 0 atom stereocenters. The second kappa shape index (κ2) is 19.4. The number of hydrogen-bond acceptors (Lipinski definition) is 3. The van der Waals surface area contributed by atoms with Gasteiger partial charge in [-0.2, -0.15) is 0 Å². The molecule has 0 aromatic heterocycles. The van der Waals surface area contributed by atoms with E-state index >= 15 is 0 Å². The van der Waals surface area contributed by atoms with E-state index in [2.05, 4.69) is 59.3 Å². The van der Waals surface area contributed by atoms with E-state index in [-0.39, 0.29) is 17.4 Å². The summed E-state index contributed by atoms with van der Waals surface area (Å²) in [6, 6.07) is 6.56. The fourth-order valence-electron chi connectivity index (χ4n) is 1.20. The van der Waals surface area contributed by atoms with Crippen molar-refractivity contribution in [3.8, 4) is 0 Å². The second-order valence-corrected chi connectivity index (χ2v) is 2.67. The van der Waals surface area contributed by atoms with Gasteiger partial charge in [0.1, 0.15) is 0 Å². The van der Waals surface area contributed by atoms with Gasteiger partial charge in [-0.05, 0) is 20.8 Å². The van der Waals surface area contributed by atoms with E-state index in [1.165, 1.54) is 16.7 Å². The number of carbonyl (C=O) groups excluding carboxylic acids is 3. The summed E-state index contributed by atoms with van der Waals surface area (Å²) >= 11 is 0. The molecular weight excluding hydrogens is 244 g/mol. The molecule has 1 aromatic carbocycles. The first-order valence-electron chi connectivity index (χ1n) is 3.84. The van der Waals surface area contributed by atoms with Gasteiger partial charge in [-0.3, -0.25) is 14.4 Å². The van der Waals surface area contributed by atoms with Crippen molar-refractivity contribution in [3.63, 3.8) is 0 Å². The monoisotopic (exact) mass is 256 g/mol. The molecule has 0 aliphatic rings. The number of rotatable bonds is 0. The zero-order valence-electron chi connectivity index (χ0n) is 9.37. The summed E-state index contributed by atoms with van der Waals surface area (Å²) in [6.45, 7) is 19.9. The third-order valence-electron chi connectivity index (χ3n) is 1.37. The summed E-state index contributed by atoms with van der Waals surface area (Å²) in [5.41, 5.74) is 4.06. The van der Waals surface area contributed by atoms with Gasteiger partial charge >= 0.3 is 0 Å². The Bertz CT molecular complexity index is 209. The van der Waals surface area contributed by atoms with Gasteiger partial charge in [-0.25, -0.2) is 0 Å². The molecule has 3 nitrogen and oxygen atoms in total. The van der Waals surface area contributed by atoms with Crippen LogP contribution in [-0.2, 0) is 31.7 Å². The van der Waals surface area contributed by atoms with Crippen LogP contribution in [0, 0.1) is 20.8 Å². The van der Waals surface area contributed by atoms with E-state index < -0.39 is 0 Å². The Hall–Kier alpha value is -1.24. The molecule has 0 heterocycles. The molecule has 0 amide bonds. The topological polar surface area (TPSA) is 51.2 Å². The van der Waals surface area contributed by atoms with E-state index in [4.69, 9.17) is 14.4 Å². The fourth-order valence-corrected chi connectivity index (χ4v) is 1.20. The minimum absolute atomic E-state index is 0. The molecule has 0 saturated carbocycles. The summed E-state index contributed by atoms with van der Waals surface area (Å²) in [5.74, 6) is 0. The first-order chi connectivity index (χ1) is 7.18. The molecule has 0 fully saturated rings. The summed E-state index contributed by atoms with van der Waals surface area (Å²) in [4.78, 5) is 22.5. The molecule has 0 N–H and O–H groups in total. The Morgan fingerprint density at radius 2 is 0.750 bits per heavy atom. The minimum Gasteiger partial charge on any atom is -0.281 e. The molecule has 4 heteroatoms. The first kappa shape index (κ1) is 24.1. The minimum atomic E-state index is 0.